The van der Waals surface area contributed by atoms with E-state index >= 15 is 0 Å². The first kappa shape index (κ1) is 21.9. The van der Waals surface area contributed by atoms with E-state index in [1.165, 1.54) is 25.7 Å². The highest BCUT2D eigenvalue weighted by atomic mass is 32.2. The van der Waals surface area contributed by atoms with Crippen molar-refractivity contribution >= 4 is 10.0 Å². The SMILES string of the molecule is O=S(=O)(CCC(F)(F)F)N1CC[C@H](OCCCCCC2CCNCC2)C1. The number of alkyl halides is 3. The van der Waals surface area contributed by atoms with Crippen LogP contribution in [0.5, 0.6) is 0 Å². The predicted molar refractivity (Wildman–Crippen MR) is 94.5 cm³/mol. The first-order valence-corrected chi connectivity index (χ1v) is 11.2. The van der Waals surface area contributed by atoms with Crippen LogP contribution in [0, 0.1) is 5.92 Å². The lowest BCUT2D eigenvalue weighted by atomic mass is 9.92. The molecule has 5 nitrogen and oxygen atoms in total. The standard InChI is InChI=1S/C17H31F3N2O3S/c18-17(19,20)8-13-26(23,24)22-11-7-16(14-22)25-12-3-1-2-4-15-5-9-21-10-6-15/h15-16,21H,1-14H2/t16-/m0/s1. The van der Waals surface area contributed by atoms with Crippen molar-refractivity contribution in [3.05, 3.63) is 0 Å². The van der Waals surface area contributed by atoms with Crippen LogP contribution in [0.1, 0.15) is 51.4 Å². The summed E-state index contributed by atoms with van der Waals surface area (Å²) in [5.74, 6) is -0.0395. The topological polar surface area (TPSA) is 58.6 Å². The lowest BCUT2D eigenvalue weighted by Gasteiger charge is -2.22. The van der Waals surface area contributed by atoms with Crippen LogP contribution in [0.2, 0.25) is 0 Å². The van der Waals surface area contributed by atoms with Crippen molar-refractivity contribution in [3.8, 4) is 0 Å². The van der Waals surface area contributed by atoms with E-state index in [1.807, 2.05) is 0 Å². The summed E-state index contributed by atoms with van der Waals surface area (Å²) in [6.07, 6.45) is 1.64. The second-order valence-corrected chi connectivity index (χ2v) is 9.45. The molecule has 0 amide bonds. The molecular formula is C17H31F3N2O3S. The van der Waals surface area contributed by atoms with E-state index < -0.39 is 28.4 Å². The minimum atomic E-state index is -4.45. The van der Waals surface area contributed by atoms with Gasteiger partial charge in [-0.2, -0.15) is 17.5 Å². The van der Waals surface area contributed by atoms with Gasteiger partial charge in [0.1, 0.15) is 0 Å². The molecule has 0 aromatic heterocycles. The summed E-state index contributed by atoms with van der Waals surface area (Å²) in [4.78, 5) is 0. The molecule has 0 spiro atoms. The van der Waals surface area contributed by atoms with Crippen molar-refractivity contribution in [3.63, 3.8) is 0 Å². The third-order valence-corrected chi connectivity index (χ3v) is 7.05. The average molecular weight is 401 g/mol. The van der Waals surface area contributed by atoms with Gasteiger partial charge >= 0.3 is 6.18 Å². The zero-order valence-corrected chi connectivity index (χ0v) is 16.1. The van der Waals surface area contributed by atoms with E-state index in [0.29, 0.717) is 13.0 Å². The van der Waals surface area contributed by atoms with Crippen molar-refractivity contribution < 1.29 is 26.3 Å². The molecule has 26 heavy (non-hydrogen) atoms. The van der Waals surface area contributed by atoms with E-state index in [4.69, 9.17) is 4.74 Å². The fraction of sp³-hybridized carbons (Fsp3) is 1.00. The molecule has 0 aromatic rings. The molecule has 2 rings (SSSR count). The van der Waals surface area contributed by atoms with Gasteiger partial charge in [0.15, 0.2) is 0 Å². The van der Waals surface area contributed by atoms with E-state index in [0.717, 1.165) is 36.2 Å². The lowest BCUT2D eigenvalue weighted by Crippen LogP contribution is -2.33. The van der Waals surface area contributed by atoms with E-state index in [-0.39, 0.29) is 19.2 Å². The third kappa shape index (κ3) is 8.10. The molecule has 1 atom stereocenters. The van der Waals surface area contributed by atoms with Crippen LogP contribution in [0.25, 0.3) is 0 Å². The normalized spacial score (nSPS) is 23.6. The molecule has 0 aromatic carbocycles. The monoisotopic (exact) mass is 400 g/mol. The summed E-state index contributed by atoms with van der Waals surface area (Å²) in [5, 5.41) is 3.36. The van der Waals surface area contributed by atoms with Crippen LogP contribution >= 0.6 is 0 Å². The Bertz CT molecular complexity index is 508. The van der Waals surface area contributed by atoms with Crippen molar-refractivity contribution in [2.24, 2.45) is 5.92 Å². The van der Waals surface area contributed by atoms with Gasteiger partial charge in [0, 0.05) is 19.7 Å². The highest BCUT2D eigenvalue weighted by Gasteiger charge is 2.35. The molecule has 0 unspecified atom stereocenters. The van der Waals surface area contributed by atoms with Gasteiger partial charge in [-0.25, -0.2) is 8.42 Å². The number of rotatable bonds is 10. The quantitative estimate of drug-likeness (QED) is 0.573. The Labute approximate surface area is 154 Å². The molecule has 0 bridgehead atoms. The first-order valence-electron chi connectivity index (χ1n) is 9.63. The Morgan fingerprint density at radius 3 is 2.50 bits per heavy atom. The van der Waals surface area contributed by atoms with E-state index in [2.05, 4.69) is 5.32 Å². The number of sulfonamides is 1. The minimum Gasteiger partial charge on any atom is -0.377 e. The zero-order valence-electron chi connectivity index (χ0n) is 15.3. The zero-order chi connectivity index (χ0) is 19.0. The molecule has 9 heteroatoms. The molecular weight excluding hydrogens is 369 g/mol. The minimum absolute atomic E-state index is 0.176. The highest BCUT2D eigenvalue weighted by molar-refractivity contribution is 7.89. The maximum Gasteiger partial charge on any atom is 0.390 e. The highest BCUT2D eigenvalue weighted by Crippen LogP contribution is 2.24. The summed E-state index contributed by atoms with van der Waals surface area (Å²) in [5.41, 5.74) is 0. The fourth-order valence-corrected chi connectivity index (χ4v) is 5.12. The van der Waals surface area contributed by atoms with Crippen LogP contribution in [-0.4, -0.2) is 63.5 Å². The van der Waals surface area contributed by atoms with Crippen molar-refractivity contribution in [1.82, 2.24) is 9.62 Å². The number of hydrogen-bond donors (Lipinski definition) is 1. The number of ether oxygens (including phenoxy) is 1. The lowest BCUT2D eigenvalue weighted by molar-refractivity contribution is -0.130. The summed E-state index contributed by atoms with van der Waals surface area (Å²) in [7, 11) is -3.85. The maximum atomic E-state index is 12.2. The Kier molecular flexibility index (Phi) is 8.63. The van der Waals surface area contributed by atoms with Crippen LogP contribution in [0.4, 0.5) is 13.2 Å². The molecule has 0 saturated carbocycles. The van der Waals surface area contributed by atoms with Crippen molar-refractivity contribution in [1.29, 1.82) is 0 Å². The van der Waals surface area contributed by atoms with Gasteiger partial charge in [-0.3, -0.25) is 0 Å². The number of hydrogen-bond acceptors (Lipinski definition) is 4. The smallest absolute Gasteiger partial charge is 0.377 e. The second-order valence-electron chi connectivity index (χ2n) is 7.36. The summed E-state index contributed by atoms with van der Waals surface area (Å²) in [6.45, 7) is 3.26. The first-order chi connectivity index (χ1) is 12.3. The number of nitrogens with one attached hydrogen (secondary N) is 1. The molecule has 2 heterocycles. The Morgan fingerprint density at radius 2 is 1.81 bits per heavy atom. The van der Waals surface area contributed by atoms with Crippen molar-refractivity contribution in [2.45, 2.75) is 63.6 Å². The van der Waals surface area contributed by atoms with E-state index in [1.54, 1.807) is 0 Å². The Hall–Kier alpha value is -0.380. The molecule has 2 aliphatic heterocycles. The van der Waals surface area contributed by atoms with Crippen LogP contribution < -0.4 is 5.32 Å². The second kappa shape index (κ2) is 10.2. The van der Waals surface area contributed by atoms with Crippen molar-refractivity contribution in [2.75, 3.05) is 38.5 Å². The van der Waals surface area contributed by atoms with Gasteiger partial charge < -0.3 is 10.1 Å². The largest absolute Gasteiger partial charge is 0.390 e. The van der Waals surface area contributed by atoms with E-state index in [9.17, 15) is 21.6 Å². The third-order valence-electron chi connectivity index (χ3n) is 5.21. The van der Waals surface area contributed by atoms with Gasteiger partial charge in [-0.05, 0) is 44.7 Å². The Morgan fingerprint density at radius 1 is 1.08 bits per heavy atom. The Balaban J connectivity index is 1.54. The van der Waals surface area contributed by atoms with Gasteiger partial charge in [0.05, 0.1) is 18.3 Å². The summed E-state index contributed by atoms with van der Waals surface area (Å²) < 4.78 is 67.5. The summed E-state index contributed by atoms with van der Waals surface area (Å²) in [6, 6.07) is 0. The average Bonchev–Trinajstić information content (AvgIpc) is 3.06. The van der Waals surface area contributed by atoms with Gasteiger partial charge in [0.25, 0.3) is 0 Å². The number of halogens is 3. The summed E-state index contributed by atoms with van der Waals surface area (Å²) >= 11 is 0. The molecule has 1 N–H and O–H groups in total. The van der Waals surface area contributed by atoms with Crippen LogP contribution in [-0.2, 0) is 14.8 Å². The maximum absolute atomic E-state index is 12.2. The van der Waals surface area contributed by atoms with Crippen LogP contribution in [0.15, 0.2) is 0 Å². The number of nitrogens with zero attached hydrogens (tertiary/aromatic N) is 1. The van der Waals surface area contributed by atoms with Gasteiger partial charge in [-0.1, -0.05) is 19.3 Å². The van der Waals surface area contributed by atoms with Gasteiger partial charge in [0.2, 0.25) is 10.0 Å². The van der Waals surface area contributed by atoms with Gasteiger partial charge in [-0.15, -0.1) is 0 Å². The number of piperidine rings is 1. The molecule has 2 aliphatic rings. The molecule has 154 valence electrons. The number of unbranched alkanes of at least 4 members (excludes halogenated alkanes) is 2. The molecule has 0 aliphatic carbocycles. The molecule has 2 fully saturated rings. The molecule has 0 radical (unpaired) electrons. The molecule has 2 saturated heterocycles. The van der Waals surface area contributed by atoms with Crippen LogP contribution in [0.3, 0.4) is 0 Å². The fourth-order valence-electron chi connectivity index (χ4n) is 3.59. The predicted octanol–water partition coefficient (Wildman–Crippen LogP) is 2.92.